The Morgan fingerprint density at radius 3 is 1.32 bits per heavy atom. The van der Waals surface area contributed by atoms with Gasteiger partial charge in [-0.2, -0.15) is 12.6 Å². The van der Waals surface area contributed by atoms with Crippen LogP contribution in [0.15, 0.2) is 34.3 Å². The molecule has 0 bridgehead atoms. The molecule has 0 radical (unpaired) electrons. The van der Waals surface area contributed by atoms with E-state index in [1.54, 1.807) is 6.92 Å². The molecule has 1 rings (SSSR count). The van der Waals surface area contributed by atoms with Crippen LogP contribution in [0.2, 0.25) is 0 Å². The van der Waals surface area contributed by atoms with Gasteiger partial charge in [-0.3, -0.25) is 62.7 Å². The fourth-order valence-corrected chi connectivity index (χ4v) is 8.28. The van der Waals surface area contributed by atoms with Crippen molar-refractivity contribution in [3.63, 3.8) is 0 Å². The van der Waals surface area contributed by atoms with Gasteiger partial charge < -0.3 is 108 Å². The fraction of sp³-hybridized carbons (Fsp3) is 0.615. The third-order valence-corrected chi connectivity index (χ3v) is 13.5. The number of nitrogens with two attached hydrogens (primary N) is 6. The zero-order chi connectivity index (χ0) is 66.1. The minimum absolute atomic E-state index is 0.0156. The summed E-state index contributed by atoms with van der Waals surface area (Å²) < 4.78 is 0. The van der Waals surface area contributed by atoms with Crippen LogP contribution >= 0.6 is 12.6 Å². The molecule has 0 saturated heterocycles. The highest BCUT2D eigenvalue weighted by atomic mass is 32.1. The Bertz CT molecular complexity index is 2550. The van der Waals surface area contributed by atoms with Gasteiger partial charge in [0.15, 0.2) is 11.9 Å². The van der Waals surface area contributed by atoms with Crippen molar-refractivity contribution >= 4 is 95.6 Å². The van der Waals surface area contributed by atoms with Crippen molar-refractivity contribution in [1.29, 1.82) is 0 Å². The first kappa shape index (κ1) is 76.4. The van der Waals surface area contributed by atoms with E-state index in [0.29, 0.717) is 12.0 Å². The number of aromatic hydroxyl groups is 1. The zero-order valence-corrected chi connectivity index (χ0v) is 49.9. The highest BCUT2D eigenvalue weighted by Gasteiger charge is 2.38. The third kappa shape index (κ3) is 29.9. The standard InChI is InChI=1S/C52H87N17O17S/c1-5-25(2)39(48(83)69-40(27(4)70)49(84)66-35(50(85)86)22-28-13-15-29(71)16-14-28)68-46(81)34(23-38(74)75)65-44(79)32(12-9-21-60-52(57)58)62-42(77)30(10-6-7-19-53)61-43(78)31(11-8-20-59-51(55)56)63-45(80)33(17-18-37(72)73)64-47(82)36(24-87)67-41(76)26(3)54/h13-16,25-27,30-36,39-40,70-71,87H,5-12,17-24,53-54H2,1-4H3,(H,61,78)(H,62,77)(H,63,80)(H,64,82)(H,65,79)(H,66,84)(H,67,76)(H,68,81)(H,69,83)(H,72,73)(H,74,75)(H,85,86)(H4,55,56,59)(H4,57,58,60)/t25-,26-,27+,30-,31-,32-,33-,34-,35-,36-,39-,40-/m0/s1. The molecule has 488 valence electrons. The molecule has 0 aliphatic heterocycles. The summed E-state index contributed by atoms with van der Waals surface area (Å²) in [5.41, 5.74) is 33.7. The summed E-state index contributed by atoms with van der Waals surface area (Å²) in [5.74, 6) is -15.7. The number of hydrogen-bond acceptors (Lipinski definition) is 19. The molecule has 12 atom stereocenters. The Morgan fingerprint density at radius 1 is 0.517 bits per heavy atom. The largest absolute Gasteiger partial charge is 0.508 e. The number of guanidine groups is 2. The van der Waals surface area contributed by atoms with Crippen molar-refractivity contribution in [3.05, 3.63) is 29.8 Å². The number of nitrogens with one attached hydrogen (secondary N) is 9. The molecule has 0 spiro atoms. The number of phenolic OH excluding ortho intramolecular Hbond substituents is 1. The number of rotatable bonds is 42. The van der Waals surface area contributed by atoms with E-state index >= 15 is 0 Å². The number of aliphatic hydroxyl groups excluding tert-OH is 1. The minimum atomic E-state index is -1.98. The van der Waals surface area contributed by atoms with Crippen LogP contribution in [0, 0.1) is 5.92 Å². The number of phenols is 1. The van der Waals surface area contributed by atoms with Crippen LogP contribution in [0.4, 0.5) is 0 Å². The first-order valence-electron chi connectivity index (χ1n) is 27.9. The first-order chi connectivity index (χ1) is 40.8. The number of aliphatic imine (C=N–C) groups is 2. The van der Waals surface area contributed by atoms with E-state index in [1.807, 2.05) is 0 Å². The van der Waals surface area contributed by atoms with E-state index in [4.69, 9.17) is 34.4 Å². The normalized spacial score (nSPS) is 15.1. The lowest BCUT2D eigenvalue weighted by Gasteiger charge is -2.30. The molecule has 0 aliphatic carbocycles. The van der Waals surface area contributed by atoms with Crippen molar-refractivity contribution in [3.8, 4) is 5.75 Å². The van der Waals surface area contributed by atoms with Crippen molar-refractivity contribution in [1.82, 2.24) is 47.9 Å². The number of carbonyl (C=O) groups excluding carboxylic acids is 9. The minimum Gasteiger partial charge on any atom is -0.508 e. The van der Waals surface area contributed by atoms with Crippen LogP contribution in [0.25, 0.3) is 0 Å². The average Bonchev–Trinajstić information content (AvgIpc) is 3.39. The van der Waals surface area contributed by atoms with Crippen LogP contribution < -0.4 is 82.3 Å². The molecular formula is C52H87N17O17S. The van der Waals surface area contributed by atoms with E-state index in [2.05, 4.69) is 70.5 Å². The van der Waals surface area contributed by atoms with Gasteiger partial charge in [0.25, 0.3) is 0 Å². The van der Waals surface area contributed by atoms with Crippen molar-refractivity contribution in [2.45, 2.75) is 171 Å². The maximum atomic E-state index is 14.4. The number of aliphatic hydroxyl groups is 1. The van der Waals surface area contributed by atoms with Gasteiger partial charge in [-0.15, -0.1) is 0 Å². The Labute approximate surface area is 507 Å². The lowest BCUT2D eigenvalue weighted by molar-refractivity contribution is -0.143. The summed E-state index contributed by atoms with van der Waals surface area (Å²) in [5, 5.41) is 71.1. The number of carboxylic acids is 3. The van der Waals surface area contributed by atoms with Crippen LogP contribution in [-0.4, -0.2) is 200 Å². The molecule has 87 heavy (non-hydrogen) atoms. The van der Waals surface area contributed by atoms with E-state index in [-0.39, 0.29) is 94.4 Å². The second-order valence-corrected chi connectivity index (χ2v) is 20.8. The number of carbonyl (C=O) groups is 12. The molecule has 9 amide bonds. The number of amides is 9. The summed E-state index contributed by atoms with van der Waals surface area (Å²) in [7, 11) is 0. The number of carboxylic acid groups (broad SMARTS) is 3. The topological polar surface area (TPSA) is 595 Å². The molecule has 0 fully saturated rings. The molecule has 26 N–H and O–H groups in total. The zero-order valence-electron chi connectivity index (χ0n) is 49.0. The number of benzene rings is 1. The lowest BCUT2D eigenvalue weighted by Crippen LogP contribution is -2.62. The predicted octanol–water partition coefficient (Wildman–Crippen LogP) is -6.34. The molecule has 0 aromatic heterocycles. The van der Waals surface area contributed by atoms with Gasteiger partial charge in [-0.1, -0.05) is 32.4 Å². The van der Waals surface area contributed by atoms with Gasteiger partial charge >= 0.3 is 17.9 Å². The number of nitrogens with zero attached hydrogens (tertiary/aromatic N) is 2. The van der Waals surface area contributed by atoms with Crippen LogP contribution in [0.5, 0.6) is 5.75 Å². The van der Waals surface area contributed by atoms with Gasteiger partial charge in [0.1, 0.15) is 60.1 Å². The van der Waals surface area contributed by atoms with Gasteiger partial charge in [-0.25, -0.2) is 4.79 Å². The Morgan fingerprint density at radius 2 is 0.920 bits per heavy atom. The van der Waals surface area contributed by atoms with E-state index in [1.165, 1.54) is 38.1 Å². The Hall–Kier alpha value is -8.57. The molecule has 0 saturated carbocycles. The van der Waals surface area contributed by atoms with Crippen molar-refractivity contribution in [2.24, 2.45) is 50.3 Å². The smallest absolute Gasteiger partial charge is 0.326 e. The summed E-state index contributed by atoms with van der Waals surface area (Å²) in [6.07, 6.45) is -4.23. The molecule has 1 aromatic carbocycles. The molecule has 1 aromatic rings. The van der Waals surface area contributed by atoms with E-state index < -0.39 is 163 Å². The fourth-order valence-electron chi connectivity index (χ4n) is 8.02. The van der Waals surface area contributed by atoms with Gasteiger partial charge in [0.05, 0.1) is 18.6 Å². The first-order valence-corrected chi connectivity index (χ1v) is 28.5. The molecule has 34 nitrogen and oxygen atoms in total. The lowest BCUT2D eigenvalue weighted by atomic mass is 9.96. The summed E-state index contributed by atoms with van der Waals surface area (Å²) in [4.78, 5) is 168. The SMILES string of the molecule is CC[C@H](C)[C@H](NC(=O)[C@H](CC(=O)O)NC(=O)[C@H](CCCN=C(N)N)NC(=O)[C@H](CCCCN)NC(=O)[C@H](CCCN=C(N)N)NC(=O)[C@H](CCC(=O)O)NC(=O)[C@H](CS)NC(=O)[C@H](C)N)C(=O)N[C@H](C(=O)N[C@@H](Cc1ccc(O)cc1)C(=O)O)[C@@H](C)O. The highest BCUT2D eigenvalue weighted by Crippen LogP contribution is 2.15. The monoisotopic (exact) mass is 1250 g/mol. The van der Waals surface area contributed by atoms with Gasteiger partial charge in [0, 0.05) is 31.7 Å². The maximum absolute atomic E-state index is 14.4. The number of unbranched alkanes of at least 4 members (excludes halogenated alkanes) is 1. The summed E-state index contributed by atoms with van der Waals surface area (Å²) >= 11 is 4.09. The predicted molar refractivity (Wildman–Crippen MR) is 317 cm³/mol. The Kier molecular flexibility index (Phi) is 35.1. The molecular weight excluding hydrogens is 1170 g/mol. The van der Waals surface area contributed by atoms with Crippen LogP contribution in [-0.2, 0) is 64.0 Å². The number of aliphatic carboxylic acids is 3. The molecule has 0 heterocycles. The number of hydrogen-bond donors (Lipinski definition) is 21. The molecule has 0 aliphatic rings. The molecule has 0 unspecified atom stereocenters. The summed E-state index contributed by atoms with van der Waals surface area (Å²) in [6, 6.07) is -10.3. The average molecular weight is 1250 g/mol. The highest BCUT2D eigenvalue weighted by molar-refractivity contribution is 7.80. The van der Waals surface area contributed by atoms with E-state index in [9.17, 15) is 83.1 Å². The quantitative estimate of drug-likeness (QED) is 0.0125. The summed E-state index contributed by atoms with van der Waals surface area (Å²) in [6.45, 7) is 5.55. The third-order valence-electron chi connectivity index (χ3n) is 13.1. The second kappa shape index (κ2) is 39.9. The van der Waals surface area contributed by atoms with Crippen LogP contribution in [0.1, 0.15) is 104 Å². The van der Waals surface area contributed by atoms with E-state index in [0.717, 1.165) is 6.92 Å². The number of thiol groups is 1. The Balaban J connectivity index is 3.69. The maximum Gasteiger partial charge on any atom is 0.326 e. The van der Waals surface area contributed by atoms with Gasteiger partial charge in [0.2, 0.25) is 53.2 Å². The van der Waals surface area contributed by atoms with Crippen molar-refractivity contribution < 1.29 is 83.1 Å². The van der Waals surface area contributed by atoms with Crippen LogP contribution in [0.3, 0.4) is 0 Å². The molecule has 35 heteroatoms. The second-order valence-electron chi connectivity index (χ2n) is 20.4. The van der Waals surface area contributed by atoms with Crippen molar-refractivity contribution in [2.75, 3.05) is 25.4 Å². The van der Waals surface area contributed by atoms with Gasteiger partial charge in [-0.05, 0) is 95.4 Å².